The zero-order valence-electron chi connectivity index (χ0n) is 23.0. The van der Waals surface area contributed by atoms with Gasteiger partial charge in [-0.1, -0.05) is 28.6 Å². The molecule has 13 heteroatoms. The third-order valence-corrected chi connectivity index (χ3v) is 9.38. The van der Waals surface area contributed by atoms with Gasteiger partial charge in [-0.2, -0.15) is 0 Å². The maximum absolute atomic E-state index is 14.8. The number of hydrogen-bond acceptors (Lipinski definition) is 9. The van der Waals surface area contributed by atoms with Crippen LogP contribution in [0, 0.1) is 5.82 Å². The lowest BCUT2D eigenvalue weighted by atomic mass is 10.00. The summed E-state index contributed by atoms with van der Waals surface area (Å²) < 4.78 is 75.8. The third-order valence-electron chi connectivity index (χ3n) is 8.37. The first-order valence-electron chi connectivity index (χ1n) is 14.1. The first kappa shape index (κ1) is 28.1. The predicted octanol–water partition coefficient (Wildman–Crippen LogP) is 7.37. The number of fused-ring (bicyclic) bond motifs is 3. The number of benzene rings is 2. The van der Waals surface area contributed by atoms with E-state index in [9.17, 15) is 22.4 Å². The Bertz CT molecular complexity index is 1670. The first-order valence-corrected chi connectivity index (χ1v) is 14.9. The van der Waals surface area contributed by atoms with Crippen LogP contribution in [0.1, 0.15) is 66.1 Å². The average Bonchev–Trinajstić information content (AvgIpc) is 3.48. The highest BCUT2D eigenvalue weighted by molar-refractivity contribution is 7.22. The van der Waals surface area contributed by atoms with Crippen LogP contribution >= 0.6 is 11.3 Å². The van der Waals surface area contributed by atoms with Gasteiger partial charge >= 0.3 is 12.3 Å². The van der Waals surface area contributed by atoms with Crippen molar-refractivity contribution >= 4 is 32.7 Å². The molecule has 2 aromatic carbocycles. The molecule has 8 nitrogen and oxygen atoms in total. The van der Waals surface area contributed by atoms with Gasteiger partial charge in [0.1, 0.15) is 22.7 Å². The monoisotopic (exact) mass is 617 g/mol. The van der Waals surface area contributed by atoms with E-state index in [4.69, 9.17) is 14.0 Å². The topological polar surface area (TPSA) is 86.9 Å². The van der Waals surface area contributed by atoms with Crippen molar-refractivity contribution in [3.05, 3.63) is 59.1 Å². The van der Waals surface area contributed by atoms with Gasteiger partial charge in [0.15, 0.2) is 10.9 Å². The van der Waals surface area contributed by atoms with E-state index in [-0.39, 0.29) is 53.1 Å². The molecule has 2 saturated heterocycles. The maximum Gasteiger partial charge on any atom is 0.573 e. The van der Waals surface area contributed by atoms with Crippen molar-refractivity contribution in [1.82, 2.24) is 10.1 Å². The minimum atomic E-state index is -4.85. The van der Waals surface area contributed by atoms with Crippen LogP contribution in [-0.4, -0.2) is 47.8 Å². The molecule has 1 aliphatic carbocycles. The summed E-state index contributed by atoms with van der Waals surface area (Å²) >= 11 is 1.35. The second-order valence-corrected chi connectivity index (χ2v) is 12.2. The molecule has 0 spiro atoms. The number of esters is 1. The Morgan fingerprint density at radius 2 is 1.86 bits per heavy atom. The SMILES string of the molecule is COC(=O)c1cc(F)c2nc(N3[C@H]4CC[C@H]3CC(OCc3c(-c5ccccc5OC(F)(F)F)noc3C3CC3)C4)sc2c1. The van der Waals surface area contributed by atoms with Gasteiger partial charge < -0.3 is 23.6 Å². The number of methoxy groups -OCH3 is 1. The van der Waals surface area contributed by atoms with Crippen LogP contribution in [0.5, 0.6) is 5.75 Å². The van der Waals surface area contributed by atoms with Gasteiger partial charge in [0, 0.05) is 29.1 Å². The van der Waals surface area contributed by atoms with Crippen molar-refractivity contribution in [2.24, 2.45) is 0 Å². The van der Waals surface area contributed by atoms with Crippen molar-refractivity contribution in [2.75, 3.05) is 12.0 Å². The minimum absolute atomic E-state index is 0.0951. The normalized spacial score (nSPS) is 21.9. The Morgan fingerprint density at radius 1 is 1.12 bits per heavy atom. The van der Waals surface area contributed by atoms with E-state index >= 15 is 0 Å². The van der Waals surface area contributed by atoms with Gasteiger partial charge in [-0.25, -0.2) is 14.2 Å². The Morgan fingerprint density at radius 3 is 2.56 bits per heavy atom. The fourth-order valence-electron chi connectivity index (χ4n) is 6.32. The zero-order valence-corrected chi connectivity index (χ0v) is 23.8. The number of carbonyl (C=O) groups excluding carboxylic acids is 1. The van der Waals surface area contributed by atoms with Crippen LogP contribution in [0.3, 0.4) is 0 Å². The maximum atomic E-state index is 14.8. The molecule has 226 valence electrons. The minimum Gasteiger partial charge on any atom is -0.465 e. The van der Waals surface area contributed by atoms with Crippen LogP contribution in [0.15, 0.2) is 40.9 Å². The second-order valence-electron chi connectivity index (χ2n) is 11.2. The lowest BCUT2D eigenvalue weighted by Gasteiger charge is -2.38. The number of anilines is 1. The Labute approximate surface area is 247 Å². The van der Waals surface area contributed by atoms with Crippen LogP contribution in [0.2, 0.25) is 0 Å². The summed E-state index contributed by atoms with van der Waals surface area (Å²) in [5.41, 5.74) is 1.52. The van der Waals surface area contributed by atoms with Gasteiger partial charge in [0.05, 0.1) is 30.1 Å². The van der Waals surface area contributed by atoms with Crippen molar-refractivity contribution in [3.8, 4) is 17.0 Å². The van der Waals surface area contributed by atoms with Gasteiger partial charge in [0.2, 0.25) is 0 Å². The van der Waals surface area contributed by atoms with E-state index in [0.717, 1.165) is 44.6 Å². The van der Waals surface area contributed by atoms with Gasteiger partial charge in [-0.3, -0.25) is 0 Å². The molecule has 2 aromatic heterocycles. The number of halogens is 4. The first-order chi connectivity index (χ1) is 20.7. The zero-order chi connectivity index (χ0) is 29.9. The molecule has 0 N–H and O–H groups in total. The molecule has 3 aliphatic rings. The van der Waals surface area contributed by atoms with Crippen LogP contribution in [0.4, 0.5) is 22.7 Å². The Kier molecular flexibility index (Phi) is 7.04. The number of para-hydroxylation sites is 1. The van der Waals surface area contributed by atoms with Crippen molar-refractivity contribution in [2.45, 2.75) is 75.6 Å². The van der Waals surface area contributed by atoms with Crippen LogP contribution in [-0.2, 0) is 16.1 Å². The number of carbonyl (C=O) groups is 1. The van der Waals surface area contributed by atoms with Gasteiger partial charge in [0.25, 0.3) is 0 Å². The van der Waals surface area contributed by atoms with Crippen LogP contribution < -0.4 is 9.64 Å². The molecule has 2 bridgehead atoms. The highest BCUT2D eigenvalue weighted by Gasteiger charge is 2.43. The Balaban J connectivity index is 1.10. The van der Waals surface area contributed by atoms with E-state index < -0.39 is 18.1 Å². The molecule has 2 aliphatic heterocycles. The van der Waals surface area contributed by atoms with E-state index in [1.54, 1.807) is 12.1 Å². The smallest absolute Gasteiger partial charge is 0.465 e. The molecule has 0 unspecified atom stereocenters. The molecule has 43 heavy (non-hydrogen) atoms. The number of rotatable bonds is 8. The largest absolute Gasteiger partial charge is 0.573 e. The average molecular weight is 618 g/mol. The number of ether oxygens (including phenoxy) is 3. The lowest BCUT2D eigenvalue weighted by Crippen LogP contribution is -2.45. The third kappa shape index (κ3) is 5.44. The summed E-state index contributed by atoms with van der Waals surface area (Å²) in [5.74, 6) is -0.688. The summed E-state index contributed by atoms with van der Waals surface area (Å²) in [4.78, 5) is 18.8. The number of nitrogens with zero attached hydrogens (tertiary/aromatic N) is 3. The molecule has 0 radical (unpaired) electrons. The molecule has 3 fully saturated rings. The quantitative estimate of drug-likeness (QED) is 0.150. The van der Waals surface area contributed by atoms with E-state index in [2.05, 4.69) is 19.8 Å². The molecule has 4 heterocycles. The molecule has 4 aromatic rings. The van der Waals surface area contributed by atoms with Crippen molar-refractivity contribution < 1.29 is 41.1 Å². The fraction of sp³-hybridized carbons (Fsp3) is 0.433. The summed E-state index contributed by atoms with van der Waals surface area (Å²) in [6.07, 6.45) is 0.215. The second kappa shape index (κ2) is 10.8. The van der Waals surface area contributed by atoms with Gasteiger partial charge in [-0.05, 0) is 62.8 Å². The standard InChI is InChI=1S/C30H27F4N3O5S/c1-39-28(38)16-10-22(31)26-24(11-16)43-29(35-26)37-17-8-9-18(37)13-19(12-17)40-14-21-25(36-42-27(21)15-6-7-15)20-4-2-3-5-23(20)41-30(32,33)34/h2-5,10-11,15,17-19H,6-9,12-14H2,1H3/t17-,18-/m0/s1. The fourth-order valence-corrected chi connectivity index (χ4v) is 7.48. The van der Waals surface area contributed by atoms with E-state index in [1.165, 1.54) is 36.6 Å². The lowest BCUT2D eigenvalue weighted by molar-refractivity contribution is -0.274. The summed E-state index contributed by atoms with van der Waals surface area (Å²) in [6, 6.07) is 8.93. The van der Waals surface area contributed by atoms with E-state index in [0.29, 0.717) is 26.8 Å². The molecule has 0 amide bonds. The predicted molar refractivity (Wildman–Crippen MR) is 149 cm³/mol. The van der Waals surface area contributed by atoms with Crippen molar-refractivity contribution in [1.29, 1.82) is 0 Å². The summed E-state index contributed by atoms with van der Waals surface area (Å²) in [6.45, 7) is 0.151. The molecule has 7 rings (SSSR count). The number of aromatic nitrogens is 2. The Hall–Kier alpha value is -3.71. The molecular formula is C30H27F4N3O5S. The molecular weight excluding hydrogens is 590 g/mol. The summed E-state index contributed by atoms with van der Waals surface area (Å²) in [7, 11) is 1.25. The number of hydrogen-bond donors (Lipinski definition) is 0. The highest BCUT2D eigenvalue weighted by atomic mass is 32.1. The number of piperidine rings is 1. The van der Waals surface area contributed by atoms with Gasteiger partial charge in [-0.15, -0.1) is 13.2 Å². The highest BCUT2D eigenvalue weighted by Crippen LogP contribution is 2.47. The number of thiazole rings is 1. The molecule has 2 atom stereocenters. The van der Waals surface area contributed by atoms with E-state index in [1.807, 2.05) is 0 Å². The molecule has 1 saturated carbocycles. The summed E-state index contributed by atoms with van der Waals surface area (Å²) in [5, 5.41) is 4.88. The van der Waals surface area contributed by atoms with Crippen molar-refractivity contribution in [3.63, 3.8) is 0 Å². The van der Waals surface area contributed by atoms with Crippen LogP contribution in [0.25, 0.3) is 21.5 Å². The number of alkyl halides is 3.